The van der Waals surface area contributed by atoms with E-state index in [1.807, 2.05) is 19.2 Å². The van der Waals surface area contributed by atoms with Gasteiger partial charge in [0, 0.05) is 49.0 Å². The Balaban J connectivity index is 1.80. The maximum absolute atomic E-state index is 12.9. The molecule has 2 N–H and O–H groups in total. The van der Waals surface area contributed by atoms with Gasteiger partial charge in [-0.2, -0.15) is 15.0 Å². The standard InChI is InChI=1S/C22H28N10O3/c1-12(2)31-7-8-32(22(31)34)17-10-15(18(28-27-17)21(33)23-4)26-20-19(35-6)14(9-13(3)25-20)16-11-24-30(5)29-16/h9-12H,7-8H2,1-6H3,(H,23,33)(H,25,26,27)/i4D3. The zero-order valence-electron chi connectivity index (χ0n) is 23.0. The lowest BCUT2D eigenvalue weighted by Crippen LogP contribution is -2.36. The van der Waals surface area contributed by atoms with Gasteiger partial charge in [0.15, 0.2) is 23.1 Å². The van der Waals surface area contributed by atoms with Crippen LogP contribution in [0.25, 0.3) is 11.3 Å². The average molecular weight is 484 g/mol. The SMILES string of the molecule is [2H]C([2H])([2H])NC(=O)c1nnc(N2CCN(C(C)C)C2=O)cc1Nc1nc(C)cc(-c2cnn(C)n2)c1OC. The van der Waals surface area contributed by atoms with Crippen LogP contribution in [-0.4, -0.2) is 80.2 Å². The molecule has 0 aliphatic carbocycles. The van der Waals surface area contributed by atoms with Gasteiger partial charge in [-0.05, 0) is 26.8 Å². The molecular formula is C22H28N10O3. The fourth-order valence-corrected chi connectivity index (χ4v) is 3.82. The monoisotopic (exact) mass is 483 g/mol. The average Bonchev–Trinajstić information content (AvgIpc) is 3.43. The van der Waals surface area contributed by atoms with Gasteiger partial charge in [-0.3, -0.25) is 9.69 Å². The summed E-state index contributed by atoms with van der Waals surface area (Å²) in [5.74, 6) is -0.276. The highest BCUT2D eigenvalue weighted by atomic mass is 16.5. The fourth-order valence-electron chi connectivity index (χ4n) is 3.82. The molecule has 0 spiro atoms. The number of aromatic nitrogens is 6. The van der Waals surface area contributed by atoms with Crippen LogP contribution >= 0.6 is 0 Å². The maximum Gasteiger partial charge on any atom is 0.326 e. The fraction of sp³-hybridized carbons (Fsp3) is 0.409. The Morgan fingerprint density at radius 3 is 2.69 bits per heavy atom. The van der Waals surface area contributed by atoms with Crippen LogP contribution in [0.15, 0.2) is 18.3 Å². The summed E-state index contributed by atoms with van der Waals surface area (Å²) in [6.45, 7) is 3.70. The van der Waals surface area contributed by atoms with Gasteiger partial charge < -0.3 is 20.3 Å². The number of anilines is 3. The second-order valence-corrected chi connectivity index (χ2v) is 8.18. The van der Waals surface area contributed by atoms with E-state index in [1.54, 1.807) is 31.1 Å². The number of urea groups is 1. The van der Waals surface area contributed by atoms with Gasteiger partial charge in [-0.15, -0.1) is 10.2 Å². The van der Waals surface area contributed by atoms with Gasteiger partial charge in [-0.1, -0.05) is 0 Å². The van der Waals surface area contributed by atoms with Crippen molar-refractivity contribution < 1.29 is 18.4 Å². The third kappa shape index (κ3) is 4.56. The molecule has 1 saturated heterocycles. The molecule has 1 fully saturated rings. The zero-order valence-corrected chi connectivity index (χ0v) is 20.0. The lowest BCUT2D eigenvalue weighted by molar-refractivity contribution is 0.0958. The van der Waals surface area contributed by atoms with Crippen molar-refractivity contribution in [2.24, 2.45) is 7.05 Å². The molecule has 3 amide bonds. The molecule has 13 nitrogen and oxygen atoms in total. The highest BCUT2D eigenvalue weighted by Gasteiger charge is 2.33. The van der Waals surface area contributed by atoms with E-state index in [2.05, 4.69) is 30.7 Å². The van der Waals surface area contributed by atoms with Crippen LogP contribution in [0.3, 0.4) is 0 Å². The molecule has 3 aromatic heterocycles. The summed E-state index contributed by atoms with van der Waals surface area (Å²) in [6, 6.07) is 2.96. The number of nitrogens with zero attached hydrogens (tertiary/aromatic N) is 8. The predicted octanol–water partition coefficient (Wildman–Crippen LogP) is 1.74. The maximum atomic E-state index is 12.9. The number of nitrogens with one attached hydrogen (secondary N) is 2. The normalized spacial score (nSPS) is 15.1. The number of pyridine rings is 1. The van der Waals surface area contributed by atoms with E-state index >= 15 is 0 Å². The number of hydrogen-bond donors (Lipinski definition) is 2. The first-order valence-electron chi connectivity index (χ1n) is 12.4. The third-order valence-electron chi connectivity index (χ3n) is 5.48. The molecule has 4 heterocycles. The minimum absolute atomic E-state index is 0.0114. The molecular weight excluding hydrogens is 452 g/mol. The zero-order chi connectivity index (χ0) is 27.8. The first kappa shape index (κ1) is 20.1. The Hall–Kier alpha value is -4.29. The first-order chi connectivity index (χ1) is 17.9. The number of hydrogen-bond acceptors (Lipinski definition) is 9. The summed E-state index contributed by atoms with van der Waals surface area (Å²) < 4.78 is 27.9. The van der Waals surface area contributed by atoms with E-state index < -0.39 is 12.9 Å². The van der Waals surface area contributed by atoms with Crippen molar-refractivity contribution >= 4 is 29.3 Å². The highest BCUT2D eigenvalue weighted by Crippen LogP contribution is 2.37. The van der Waals surface area contributed by atoms with Crippen LogP contribution in [-0.2, 0) is 7.05 Å². The largest absolute Gasteiger partial charge is 0.492 e. The number of methoxy groups -OCH3 is 1. The van der Waals surface area contributed by atoms with Crippen LogP contribution in [0.1, 0.15) is 34.1 Å². The Labute approximate surface area is 206 Å². The Kier molecular flexibility index (Phi) is 5.47. The quantitative estimate of drug-likeness (QED) is 0.513. The van der Waals surface area contributed by atoms with Gasteiger partial charge in [0.2, 0.25) is 0 Å². The summed E-state index contributed by atoms with van der Waals surface area (Å²) in [5.41, 5.74) is 1.50. The molecule has 184 valence electrons. The van der Waals surface area contributed by atoms with Crippen molar-refractivity contribution in [3.63, 3.8) is 0 Å². The molecule has 0 radical (unpaired) electrons. The molecule has 3 aromatic rings. The highest BCUT2D eigenvalue weighted by molar-refractivity contribution is 6.00. The molecule has 0 bridgehead atoms. The van der Waals surface area contributed by atoms with Crippen LogP contribution in [0.2, 0.25) is 0 Å². The van der Waals surface area contributed by atoms with Crippen molar-refractivity contribution in [2.75, 3.05) is 37.4 Å². The molecule has 0 unspecified atom stereocenters. The molecule has 13 heteroatoms. The van der Waals surface area contributed by atoms with E-state index in [1.165, 1.54) is 22.9 Å². The number of amides is 3. The van der Waals surface area contributed by atoms with Gasteiger partial charge in [0.1, 0.15) is 5.69 Å². The van der Waals surface area contributed by atoms with E-state index in [-0.39, 0.29) is 35.1 Å². The number of rotatable bonds is 7. The van der Waals surface area contributed by atoms with Gasteiger partial charge in [0.25, 0.3) is 5.91 Å². The first-order valence-corrected chi connectivity index (χ1v) is 10.9. The Morgan fingerprint density at radius 1 is 1.26 bits per heavy atom. The topological polar surface area (TPSA) is 143 Å². The second kappa shape index (κ2) is 9.52. The molecule has 4 rings (SSSR count). The van der Waals surface area contributed by atoms with Crippen molar-refractivity contribution in [1.82, 2.24) is 40.4 Å². The van der Waals surface area contributed by atoms with Gasteiger partial charge >= 0.3 is 6.03 Å². The van der Waals surface area contributed by atoms with Crippen LogP contribution in [0, 0.1) is 6.92 Å². The van der Waals surface area contributed by atoms with Crippen LogP contribution in [0.5, 0.6) is 5.75 Å². The summed E-state index contributed by atoms with van der Waals surface area (Å²) in [4.78, 5) is 34.8. The van der Waals surface area contributed by atoms with Crippen molar-refractivity contribution in [2.45, 2.75) is 26.8 Å². The molecule has 1 aliphatic heterocycles. The van der Waals surface area contributed by atoms with E-state index in [0.29, 0.717) is 35.8 Å². The predicted molar refractivity (Wildman–Crippen MR) is 129 cm³/mol. The van der Waals surface area contributed by atoms with Gasteiger partial charge in [0.05, 0.1) is 24.6 Å². The van der Waals surface area contributed by atoms with Crippen molar-refractivity contribution in [1.29, 1.82) is 0 Å². The lowest BCUT2D eigenvalue weighted by atomic mass is 10.1. The second-order valence-electron chi connectivity index (χ2n) is 8.18. The molecule has 0 saturated carbocycles. The molecule has 1 aliphatic rings. The minimum atomic E-state index is -2.75. The van der Waals surface area contributed by atoms with Crippen molar-refractivity contribution in [3.8, 4) is 17.0 Å². The third-order valence-corrected chi connectivity index (χ3v) is 5.48. The molecule has 0 aromatic carbocycles. The number of aryl methyl sites for hydroxylation is 2. The Morgan fingerprint density at radius 2 is 2.06 bits per heavy atom. The molecule has 0 atom stereocenters. The smallest absolute Gasteiger partial charge is 0.326 e. The minimum Gasteiger partial charge on any atom is -0.492 e. The van der Waals surface area contributed by atoms with Gasteiger partial charge in [-0.25, -0.2) is 9.78 Å². The van der Waals surface area contributed by atoms with Crippen LogP contribution in [0.4, 0.5) is 22.1 Å². The summed E-state index contributed by atoms with van der Waals surface area (Å²) in [5, 5.41) is 21.4. The summed E-state index contributed by atoms with van der Waals surface area (Å²) in [7, 11) is 3.14. The Bertz CT molecular complexity index is 1380. The molecule has 35 heavy (non-hydrogen) atoms. The summed E-state index contributed by atoms with van der Waals surface area (Å²) in [6.07, 6.45) is 1.57. The number of carbonyl (C=O) groups excluding carboxylic acids is 2. The van der Waals surface area contributed by atoms with Crippen LogP contribution < -0.4 is 20.3 Å². The van der Waals surface area contributed by atoms with Crippen molar-refractivity contribution in [3.05, 3.63) is 29.7 Å². The number of ether oxygens (including phenoxy) is 1. The van der Waals surface area contributed by atoms with E-state index in [9.17, 15) is 9.59 Å². The summed E-state index contributed by atoms with van der Waals surface area (Å²) >= 11 is 0. The number of carbonyl (C=O) groups is 2. The van der Waals surface area contributed by atoms with E-state index in [0.717, 1.165) is 0 Å². The lowest BCUT2D eigenvalue weighted by Gasteiger charge is -2.21. The van der Waals surface area contributed by atoms with E-state index in [4.69, 9.17) is 8.85 Å².